The molecule has 1 rings (SSSR count). The van der Waals surface area contributed by atoms with Crippen molar-refractivity contribution in [3.63, 3.8) is 0 Å². The molecule has 0 radical (unpaired) electrons. The number of nitrogens with zero attached hydrogens (tertiary/aromatic N) is 1. The average molecular weight is 256 g/mol. The lowest BCUT2D eigenvalue weighted by Crippen LogP contribution is -1.99. The molecule has 0 N–H and O–H groups in total. The van der Waals surface area contributed by atoms with Crippen LogP contribution in [0.4, 0.5) is 0 Å². The summed E-state index contributed by atoms with van der Waals surface area (Å²) in [4.78, 5) is 4.44. The van der Waals surface area contributed by atoms with Gasteiger partial charge >= 0.3 is 0 Å². The lowest BCUT2D eigenvalue weighted by atomic mass is 10.1. The summed E-state index contributed by atoms with van der Waals surface area (Å²) in [7, 11) is 0. The molecule has 0 aromatic carbocycles. The van der Waals surface area contributed by atoms with E-state index in [0.29, 0.717) is 0 Å². The summed E-state index contributed by atoms with van der Waals surface area (Å²) in [5, 5.41) is 1.08. The molecule has 78 valence electrons. The first-order chi connectivity index (χ1) is 6.76. The molecule has 0 bridgehead atoms. The standard InChI is InChI=1S/C12H18BrN/c1-3-11-5-7-12(14-9-11)6-4-10(2)8-13/h5,7,9-10H,3-4,6,8H2,1-2H3. The van der Waals surface area contributed by atoms with Crippen molar-refractivity contribution in [3.8, 4) is 0 Å². The van der Waals surface area contributed by atoms with Crippen molar-refractivity contribution in [3.05, 3.63) is 29.6 Å². The van der Waals surface area contributed by atoms with Crippen LogP contribution >= 0.6 is 15.9 Å². The number of hydrogen-bond donors (Lipinski definition) is 0. The Morgan fingerprint density at radius 1 is 1.43 bits per heavy atom. The number of alkyl halides is 1. The molecule has 0 aliphatic heterocycles. The van der Waals surface area contributed by atoms with Crippen LogP contribution in [0, 0.1) is 5.92 Å². The first-order valence-corrected chi connectivity index (χ1v) is 6.38. The zero-order valence-electron chi connectivity index (χ0n) is 8.96. The molecule has 1 atom stereocenters. The maximum absolute atomic E-state index is 4.44. The highest BCUT2D eigenvalue weighted by atomic mass is 79.9. The summed E-state index contributed by atoms with van der Waals surface area (Å²) in [5.74, 6) is 0.739. The van der Waals surface area contributed by atoms with Gasteiger partial charge in [-0.25, -0.2) is 0 Å². The van der Waals surface area contributed by atoms with Crippen LogP contribution in [0.3, 0.4) is 0 Å². The van der Waals surface area contributed by atoms with Crippen LogP contribution in [-0.2, 0) is 12.8 Å². The molecule has 0 saturated carbocycles. The van der Waals surface area contributed by atoms with E-state index in [4.69, 9.17) is 0 Å². The Kier molecular flexibility index (Phi) is 5.16. The van der Waals surface area contributed by atoms with Gasteiger partial charge in [-0.3, -0.25) is 4.98 Å². The number of halogens is 1. The van der Waals surface area contributed by atoms with Crippen LogP contribution in [0.1, 0.15) is 31.5 Å². The smallest absolute Gasteiger partial charge is 0.0403 e. The lowest BCUT2D eigenvalue weighted by Gasteiger charge is -2.06. The van der Waals surface area contributed by atoms with E-state index in [-0.39, 0.29) is 0 Å². The van der Waals surface area contributed by atoms with E-state index in [1.165, 1.54) is 17.7 Å². The maximum Gasteiger partial charge on any atom is 0.0403 e. The van der Waals surface area contributed by atoms with Gasteiger partial charge in [-0.05, 0) is 36.8 Å². The van der Waals surface area contributed by atoms with Crippen molar-refractivity contribution >= 4 is 15.9 Å². The van der Waals surface area contributed by atoms with E-state index in [1.54, 1.807) is 0 Å². The zero-order valence-corrected chi connectivity index (χ0v) is 10.5. The minimum atomic E-state index is 0.739. The zero-order chi connectivity index (χ0) is 10.4. The summed E-state index contributed by atoms with van der Waals surface area (Å²) < 4.78 is 0. The van der Waals surface area contributed by atoms with E-state index in [2.05, 4.69) is 46.9 Å². The van der Waals surface area contributed by atoms with Crippen LogP contribution in [-0.4, -0.2) is 10.3 Å². The first-order valence-electron chi connectivity index (χ1n) is 5.26. The molecular weight excluding hydrogens is 238 g/mol. The summed E-state index contributed by atoms with van der Waals surface area (Å²) >= 11 is 3.49. The molecule has 1 aromatic rings. The highest BCUT2D eigenvalue weighted by Crippen LogP contribution is 2.10. The van der Waals surface area contributed by atoms with E-state index >= 15 is 0 Å². The first kappa shape index (κ1) is 11.7. The Labute approximate surface area is 95.1 Å². The highest BCUT2D eigenvalue weighted by molar-refractivity contribution is 9.09. The fourth-order valence-electron chi connectivity index (χ4n) is 1.28. The van der Waals surface area contributed by atoms with E-state index < -0.39 is 0 Å². The van der Waals surface area contributed by atoms with Gasteiger partial charge in [0.2, 0.25) is 0 Å². The second kappa shape index (κ2) is 6.18. The molecule has 2 heteroatoms. The Morgan fingerprint density at radius 2 is 2.21 bits per heavy atom. The van der Waals surface area contributed by atoms with Crippen LogP contribution in [0.15, 0.2) is 18.3 Å². The minimum Gasteiger partial charge on any atom is -0.261 e. The van der Waals surface area contributed by atoms with Gasteiger partial charge in [-0.15, -0.1) is 0 Å². The van der Waals surface area contributed by atoms with Gasteiger partial charge in [0.1, 0.15) is 0 Å². The third-order valence-electron chi connectivity index (χ3n) is 2.45. The van der Waals surface area contributed by atoms with Crippen LogP contribution in [0.25, 0.3) is 0 Å². The molecule has 0 aliphatic rings. The monoisotopic (exact) mass is 255 g/mol. The van der Waals surface area contributed by atoms with Crippen molar-refractivity contribution in [2.75, 3.05) is 5.33 Å². The van der Waals surface area contributed by atoms with Gasteiger partial charge in [0, 0.05) is 17.2 Å². The number of hydrogen-bond acceptors (Lipinski definition) is 1. The summed E-state index contributed by atoms with van der Waals surface area (Å²) in [6.45, 7) is 4.42. The van der Waals surface area contributed by atoms with Crippen molar-refractivity contribution in [1.29, 1.82) is 0 Å². The molecule has 0 saturated heterocycles. The Hall–Kier alpha value is -0.370. The fourth-order valence-corrected chi connectivity index (χ4v) is 1.61. The topological polar surface area (TPSA) is 12.9 Å². The molecule has 0 fully saturated rings. The number of aromatic nitrogens is 1. The molecule has 1 nitrogen and oxygen atoms in total. The van der Waals surface area contributed by atoms with Crippen molar-refractivity contribution in [2.24, 2.45) is 5.92 Å². The van der Waals surface area contributed by atoms with Crippen molar-refractivity contribution < 1.29 is 0 Å². The predicted molar refractivity (Wildman–Crippen MR) is 64.9 cm³/mol. The Morgan fingerprint density at radius 3 is 2.71 bits per heavy atom. The van der Waals surface area contributed by atoms with Crippen molar-refractivity contribution in [1.82, 2.24) is 4.98 Å². The summed E-state index contributed by atoms with van der Waals surface area (Å²) in [6.07, 6.45) is 5.37. The quantitative estimate of drug-likeness (QED) is 0.733. The molecule has 1 unspecified atom stereocenters. The predicted octanol–water partition coefficient (Wildman–Crippen LogP) is 3.61. The van der Waals surface area contributed by atoms with Gasteiger partial charge in [-0.2, -0.15) is 0 Å². The van der Waals surface area contributed by atoms with Crippen LogP contribution in [0.5, 0.6) is 0 Å². The SMILES string of the molecule is CCc1ccc(CCC(C)CBr)nc1. The molecule has 0 spiro atoms. The fraction of sp³-hybridized carbons (Fsp3) is 0.583. The largest absolute Gasteiger partial charge is 0.261 e. The molecule has 0 amide bonds. The Balaban J connectivity index is 2.43. The van der Waals surface area contributed by atoms with Crippen molar-refractivity contribution in [2.45, 2.75) is 33.1 Å². The van der Waals surface area contributed by atoms with E-state index in [9.17, 15) is 0 Å². The average Bonchev–Trinajstić information content (AvgIpc) is 2.26. The summed E-state index contributed by atoms with van der Waals surface area (Å²) in [6, 6.07) is 4.33. The van der Waals surface area contributed by atoms with E-state index in [1.807, 2.05) is 6.20 Å². The Bertz CT molecular complexity index is 256. The molecule has 1 heterocycles. The van der Waals surface area contributed by atoms with Gasteiger partial charge in [0.15, 0.2) is 0 Å². The molecular formula is C12H18BrN. The normalized spacial score (nSPS) is 12.8. The van der Waals surface area contributed by atoms with E-state index in [0.717, 1.165) is 24.1 Å². The van der Waals surface area contributed by atoms with Gasteiger partial charge in [0.25, 0.3) is 0 Å². The highest BCUT2D eigenvalue weighted by Gasteiger charge is 2.01. The van der Waals surface area contributed by atoms with Crippen LogP contribution < -0.4 is 0 Å². The van der Waals surface area contributed by atoms with Gasteiger partial charge in [-0.1, -0.05) is 35.8 Å². The maximum atomic E-state index is 4.44. The molecule has 0 aliphatic carbocycles. The second-order valence-electron chi connectivity index (χ2n) is 3.81. The van der Waals surface area contributed by atoms with Gasteiger partial charge < -0.3 is 0 Å². The number of pyridine rings is 1. The third kappa shape index (κ3) is 3.79. The molecule has 14 heavy (non-hydrogen) atoms. The second-order valence-corrected chi connectivity index (χ2v) is 4.46. The number of aryl methyl sites for hydroxylation is 2. The van der Waals surface area contributed by atoms with Crippen LogP contribution in [0.2, 0.25) is 0 Å². The van der Waals surface area contributed by atoms with Gasteiger partial charge in [0.05, 0.1) is 0 Å². The lowest BCUT2D eigenvalue weighted by molar-refractivity contribution is 0.594. The molecule has 1 aromatic heterocycles. The minimum absolute atomic E-state index is 0.739. The number of rotatable bonds is 5. The summed E-state index contributed by atoms with van der Waals surface area (Å²) in [5.41, 5.74) is 2.54. The third-order valence-corrected chi connectivity index (χ3v) is 3.56.